The normalized spacial score (nSPS) is 13.5. The van der Waals surface area contributed by atoms with E-state index in [4.69, 9.17) is 0 Å². The molecule has 2 rings (SSSR count). The molecule has 0 radical (unpaired) electrons. The smallest absolute Gasteiger partial charge is 0.315 e. The Bertz CT molecular complexity index is 593. The monoisotopic (exact) mass is 288 g/mol. The van der Waals surface area contributed by atoms with Crippen LogP contribution in [0.3, 0.4) is 0 Å². The maximum absolute atomic E-state index is 11.7. The van der Waals surface area contributed by atoms with Gasteiger partial charge in [-0.1, -0.05) is 30.3 Å². The lowest BCUT2D eigenvalue weighted by Gasteiger charge is -2.24. The minimum absolute atomic E-state index is 0.135. The first kappa shape index (κ1) is 15.1. The summed E-state index contributed by atoms with van der Waals surface area (Å²) in [6, 6.07) is 8.92. The standard InChI is InChI=1S/C15H20N4O2/c1-15(21,13-6-4-3-5-7-13)11-17-14(20)16-8-12-9-18-19(2)10-12/h3-7,9-10,21H,8,11H2,1-2H3,(H2,16,17,20)/t15-/m0/s1. The highest BCUT2D eigenvalue weighted by Gasteiger charge is 2.23. The van der Waals surface area contributed by atoms with Crippen LogP contribution in [0, 0.1) is 0 Å². The van der Waals surface area contributed by atoms with E-state index >= 15 is 0 Å². The van der Waals surface area contributed by atoms with Gasteiger partial charge in [0.15, 0.2) is 0 Å². The highest BCUT2D eigenvalue weighted by molar-refractivity contribution is 5.73. The third-order valence-electron chi connectivity index (χ3n) is 3.20. The third kappa shape index (κ3) is 4.32. The average molecular weight is 288 g/mol. The van der Waals surface area contributed by atoms with Gasteiger partial charge < -0.3 is 15.7 Å². The molecule has 0 spiro atoms. The van der Waals surface area contributed by atoms with E-state index in [9.17, 15) is 9.90 Å². The maximum atomic E-state index is 11.7. The molecule has 1 atom stereocenters. The van der Waals surface area contributed by atoms with Crippen LogP contribution >= 0.6 is 0 Å². The van der Waals surface area contributed by atoms with Crippen molar-refractivity contribution in [3.8, 4) is 0 Å². The van der Waals surface area contributed by atoms with E-state index in [0.29, 0.717) is 6.54 Å². The van der Waals surface area contributed by atoms with E-state index in [1.165, 1.54) is 0 Å². The molecule has 6 heteroatoms. The van der Waals surface area contributed by atoms with Crippen LogP contribution in [-0.4, -0.2) is 27.5 Å². The second-order valence-electron chi connectivity index (χ2n) is 5.20. The van der Waals surface area contributed by atoms with Crippen LogP contribution in [0.25, 0.3) is 0 Å². The van der Waals surface area contributed by atoms with Gasteiger partial charge in [0.2, 0.25) is 0 Å². The number of benzene rings is 1. The van der Waals surface area contributed by atoms with Crippen LogP contribution < -0.4 is 10.6 Å². The van der Waals surface area contributed by atoms with E-state index in [1.807, 2.05) is 43.6 Å². The number of carbonyl (C=O) groups excluding carboxylic acids is 1. The molecule has 3 N–H and O–H groups in total. The average Bonchev–Trinajstić information content (AvgIpc) is 2.90. The Hall–Kier alpha value is -2.34. The predicted octanol–water partition coefficient (Wildman–Crippen LogP) is 1.13. The van der Waals surface area contributed by atoms with Crippen molar-refractivity contribution in [2.24, 2.45) is 7.05 Å². The van der Waals surface area contributed by atoms with Gasteiger partial charge in [0.05, 0.1) is 12.7 Å². The molecule has 1 aromatic heterocycles. The van der Waals surface area contributed by atoms with Crippen molar-refractivity contribution >= 4 is 6.03 Å². The summed E-state index contributed by atoms with van der Waals surface area (Å²) in [4.78, 5) is 11.7. The van der Waals surface area contributed by atoms with Crippen molar-refractivity contribution in [2.75, 3.05) is 6.54 Å². The first-order valence-corrected chi connectivity index (χ1v) is 6.74. The van der Waals surface area contributed by atoms with Crippen LogP contribution in [-0.2, 0) is 19.2 Å². The fourth-order valence-corrected chi connectivity index (χ4v) is 1.96. The fourth-order valence-electron chi connectivity index (χ4n) is 1.96. The molecule has 2 aromatic rings. The van der Waals surface area contributed by atoms with Gasteiger partial charge in [-0.2, -0.15) is 5.10 Å². The molecular formula is C15H20N4O2. The van der Waals surface area contributed by atoms with Crippen molar-refractivity contribution in [1.82, 2.24) is 20.4 Å². The number of aromatic nitrogens is 2. The van der Waals surface area contributed by atoms with E-state index in [1.54, 1.807) is 17.8 Å². The number of hydrogen-bond donors (Lipinski definition) is 3. The molecular weight excluding hydrogens is 268 g/mol. The molecule has 0 aliphatic carbocycles. The lowest BCUT2D eigenvalue weighted by molar-refractivity contribution is 0.0594. The first-order chi connectivity index (χ1) is 9.97. The van der Waals surface area contributed by atoms with Gasteiger partial charge in [-0.15, -0.1) is 0 Å². The van der Waals surface area contributed by atoms with Crippen molar-refractivity contribution in [3.05, 3.63) is 53.9 Å². The number of aliphatic hydroxyl groups is 1. The van der Waals surface area contributed by atoms with Crippen LogP contribution in [0.2, 0.25) is 0 Å². The Labute approximate surface area is 123 Å². The number of aryl methyl sites for hydroxylation is 1. The van der Waals surface area contributed by atoms with Gasteiger partial charge in [-0.25, -0.2) is 4.79 Å². The highest BCUT2D eigenvalue weighted by Crippen LogP contribution is 2.18. The summed E-state index contributed by atoms with van der Waals surface area (Å²) in [5.74, 6) is 0. The van der Waals surface area contributed by atoms with E-state index in [-0.39, 0.29) is 12.6 Å². The number of nitrogens with zero attached hydrogens (tertiary/aromatic N) is 2. The Morgan fingerprint density at radius 1 is 1.33 bits per heavy atom. The molecule has 0 bridgehead atoms. The largest absolute Gasteiger partial charge is 0.384 e. The summed E-state index contributed by atoms with van der Waals surface area (Å²) >= 11 is 0. The summed E-state index contributed by atoms with van der Waals surface area (Å²) in [6.07, 6.45) is 3.53. The van der Waals surface area contributed by atoms with Gasteiger partial charge in [0.25, 0.3) is 0 Å². The third-order valence-corrected chi connectivity index (χ3v) is 3.20. The number of hydrogen-bond acceptors (Lipinski definition) is 3. The summed E-state index contributed by atoms with van der Waals surface area (Å²) in [6.45, 7) is 2.20. The molecule has 1 heterocycles. The molecule has 2 amide bonds. The number of urea groups is 1. The quantitative estimate of drug-likeness (QED) is 0.771. The molecule has 112 valence electrons. The summed E-state index contributed by atoms with van der Waals surface area (Å²) in [5, 5.41) is 19.8. The molecule has 0 fully saturated rings. The Morgan fingerprint density at radius 3 is 2.67 bits per heavy atom. The van der Waals surface area contributed by atoms with Crippen LogP contribution in [0.4, 0.5) is 4.79 Å². The first-order valence-electron chi connectivity index (χ1n) is 6.74. The summed E-state index contributed by atoms with van der Waals surface area (Å²) < 4.78 is 1.68. The topological polar surface area (TPSA) is 79.2 Å². The van der Waals surface area contributed by atoms with Crippen molar-refractivity contribution in [1.29, 1.82) is 0 Å². The zero-order valence-corrected chi connectivity index (χ0v) is 12.2. The number of carbonyl (C=O) groups is 1. The Balaban J connectivity index is 1.80. The van der Waals surface area contributed by atoms with Gasteiger partial charge in [0.1, 0.15) is 5.60 Å². The second-order valence-corrected chi connectivity index (χ2v) is 5.20. The van der Waals surface area contributed by atoms with Crippen molar-refractivity contribution in [2.45, 2.75) is 19.1 Å². The second kappa shape index (κ2) is 6.41. The van der Waals surface area contributed by atoms with Gasteiger partial charge >= 0.3 is 6.03 Å². The zero-order chi connectivity index (χ0) is 15.3. The van der Waals surface area contributed by atoms with Gasteiger partial charge in [0, 0.05) is 25.4 Å². The minimum Gasteiger partial charge on any atom is -0.384 e. The Morgan fingerprint density at radius 2 is 2.05 bits per heavy atom. The van der Waals surface area contributed by atoms with E-state index in [2.05, 4.69) is 15.7 Å². The zero-order valence-electron chi connectivity index (χ0n) is 12.2. The maximum Gasteiger partial charge on any atom is 0.315 e. The molecule has 0 saturated heterocycles. The molecule has 6 nitrogen and oxygen atoms in total. The molecule has 0 aliphatic rings. The lowest BCUT2D eigenvalue weighted by atomic mass is 9.96. The van der Waals surface area contributed by atoms with Crippen LogP contribution in [0.1, 0.15) is 18.1 Å². The summed E-state index contributed by atoms with van der Waals surface area (Å²) in [7, 11) is 1.82. The Kier molecular flexibility index (Phi) is 4.59. The highest BCUT2D eigenvalue weighted by atomic mass is 16.3. The number of nitrogens with one attached hydrogen (secondary N) is 2. The van der Waals surface area contributed by atoms with Crippen LogP contribution in [0.5, 0.6) is 0 Å². The van der Waals surface area contributed by atoms with E-state index in [0.717, 1.165) is 11.1 Å². The number of amides is 2. The van der Waals surface area contributed by atoms with E-state index < -0.39 is 5.60 Å². The minimum atomic E-state index is -1.10. The van der Waals surface area contributed by atoms with Crippen molar-refractivity contribution < 1.29 is 9.90 Å². The van der Waals surface area contributed by atoms with Gasteiger partial charge in [-0.3, -0.25) is 4.68 Å². The molecule has 0 saturated carbocycles. The molecule has 0 unspecified atom stereocenters. The molecule has 0 aliphatic heterocycles. The molecule has 1 aromatic carbocycles. The number of rotatable bonds is 5. The lowest BCUT2D eigenvalue weighted by Crippen LogP contribution is -2.43. The molecule has 21 heavy (non-hydrogen) atoms. The van der Waals surface area contributed by atoms with Crippen molar-refractivity contribution in [3.63, 3.8) is 0 Å². The fraction of sp³-hybridized carbons (Fsp3) is 0.333. The van der Waals surface area contributed by atoms with Crippen LogP contribution in [0.15, 0.2) is 42.7 Å². The predicted molar refractivity (Wildman–Crippen MR) is 79.5 cm³/mol. The SMILES string of the molecule is Cn1cc(CNC(=O)NC[C@](C)(O)c2ccccc2)cn1. The van der Waals surface area contributed by atoms with Gasteiger partial charge in [-0.05, 0) is 12.5 Å². The summed E-state index contributed by atoms with van der Waals surface area (Å²) in [5.41, 5.74) is 0.576.